The van der Waals surface area contributed by atoms with Gasteiger partial charge in [0.25, 0.3) is 5.91 Å². The van der Waals surface area contributed by atoms with Gasteiger partial charge in [0.05, 0.1) is 22.7 Å². The van der Waals surface area contributed by atoms with Crippen LogP contribution in [0.25, 0.3) is 6.08 Å². The van der Waals surface area contributed by atoms with Gasteiger partial charge in [0, 0.05) is 32.1 Å². The van der Waals surface area contributed by atoms with Crippen LogP contribution in [0.15, 0.2) is 27.7 Å². The fraction of sp³-hybridized carbons (Fsp3) is 0.438. The highest BCUT2D eigenvalue weighted by molar-refractivity contribution is 8.26. The van der Waals surface area contributed by atoms with E-state index in [4.69, 9.17) is 16.6 Å². The van der Waals surface area contributed by atoms with Crippen LogP contribution in [-0.2, 0) is 19.4 Å². The number of amides is 2. The number of thiocarbonyl (C=S) groups is 1. The second-order valence-corrected chi connectivity index (χ2v) is 10.1. The number of carbonyl (C=O) groups is 2. The first-order chi connectivity index (χ1) is 12.3. The second kappa shape index (κ2) is 7.53. The molecule has 0 unspecified atom stereocenters. The van der Waals surface area contributed by atoms with Crippen LogP contribution < -0.4 is 0 Å². The van der Waals surface area contributed by atoms with Gasteiger partial charge in [-0.15, -0.1) is 0 Å². The molecule has 10 heteroatoms. The zero-order chi connectivity index (χ0) is 18.9. The van der Waals surface area contributed by atoms with E-state index in [-0.39, 0.29) is 42.3 Å². The number of rotatable bonds is 5. The van der Waals surface area contributed by atoms with E-state index in [1.54, 1.807) is 25.3 Å². The Kier molecular flexibility index (Phi) is 5.54. The van der Waals surface area contributed by atoms with Crippen LogP contribution in [0.2, 0.25) is 0 Å². The predicted molar refractivity (Wildman–Crippen MR) is 103 cm³/mol. The molecule has 0 saturated carbocycles. The Labute approximate surface area is 161 Å². The maximum atomic E-state index is 12.5. The molecule has 0 bridgehead atoms. The minimum Gasteiger partial charge on any atom is -0.465 e. The number of furan rings is 1. The largest absolute Gasteiger partial charge is 0.465 e. The Morgan fingerprint density at radius 3 is 2.92 bits per heavy atom. The van der Waals surface area contributed by atoms with Crippen LogP contribution >= 0.6 is 24.0 Å². The number of hydrogen-bond donors (Lipinski definition) is 0. The highest BCUT2D eigenvalue weighted by Crippen LogP contribution is 2.32. The Balaban J connectivity index is 1.58. The van der Waals surface area contributed by atoms with Crippen LogP contribution in [0.3, 0.4) is 0 Å². The van der Waals surface area contributed by atoms with E-state index in [1.165, 1.54) is 27.8 Å². The molecule has 1 aromatic heterocycles. The minimum absolute atomic E-state index is 0.00216. The lowest BCUT2D eigenvalue weighted by atomic mass is 10.2. The summed E-state index contributed by atoms with van der Waals surface area (Å²) in [6, 6.07) is 3.17. The van der Waals surface area contributed by atoms with Crippen molar-refractivity contribution in [1.29, 1.82) is 0 Å². The Hall–Kier alpha value is -1.65. The van der Waals surface area contributed by atoms with Gasteiger partial charge >= 0.3 is 0 Å². The van der Waals surface area contributed by atoms with Crippen molar-refractivity contribution in [2.24, 2.45) is 0 Å². The molecule has 26 heavy (non-hydrogen) atoms. The SMILES string of the molecule is CN(C(=O)CCN1C(=O)/C(=C\c2ccco2)SC1=S)[C@@H]1CCS(=O)(=O)C1. The molecule has 2 aliphatic heterocycles. The summed E-state index contributed by atoms with van der Waals surface area (Å²) in [5.41, 5.74) is 0. The Morgan fingerprint density at radius 2 is 2.31 bits per heavy atom. The van der Waals surface area contributed by atoms with Crippen LogP contribution in [0.5, 0.6) is 0 Å². The van der Waals surface area contributed by atoms with Gasteiger partial charge in [-0.25, -0.2) is 8.42 Å². The summed E-state index contributed by atoms with van der Waals surface area (Å²) >= 11 is 6.41. The lowest BCUT2D eigenvalue weighted by Gasteiger charge is -2.24. The second-order valence-electron chi connectivity index (χ2n) is 6.16. The number of nitrogens with zero attached hydrogens (tertiary/aromatic N) is 2. The van der Waals surface area contributed by atoms with Crippen LogP contribution in [-0.4, -0.2) is 65.5 Å². The summed E-state index contributed by atoms with van der Waals surface area (Å²) < 4.78 is 28.7. The Morgan fingerprint density at radius 1 is 1.54 bits per heavy atom. The van der Waals surface area contributed by atoms with Crippen molar-refractivity contribution < 1.29 is 22.4 Å². The van der Waals surface area contributed by atoms with Crippen molar-refractivity contribution in [2.75, 3.05) is 25.1 Å². The molecule has 1 aromatic rings. The maximum Gasteiger partial charge on any atom is 0.266 e. The number of sulfone groups is 1. The summed E-state index contributed by atoms with van der Waals surface area (Å²) in [5, 5.41) is 0. The average molecular weight is 415 g/mol. The summed E-state index contributed by atoms with van der Waals surface area (Å²) in [6.07, 6.45) is 3.69. The molecule has 2 saturated heterocycles. The van der Waals surface area contributed by atoms with Crippen molar-refractivity contribution in [1.82, 2.24) is 9.80 Å². The molecule has 1 atom stereocenters. The van der Waals surface area contributed by atoms with E-state index in [2.05, 4.69) is 0 Å². The molecule has 0 spiro atoms. The van der Waals surface area contributed by atoms with Crippen LogP contribution in [0.4, 0.5) is 0 Å². The van der Waals surface area contributed by atoms with Crippen molar-refractivity contribution in [2.45, 2.75) is 18.9 Å². The molecule has 7 nitrogen and oxygen atoms in total. The highest BCUT2D eigenvalue weighted by Gasteiger charge is 2.35. The third-order valence-corrected chi connectivity index (χ3v) is 7.52. The smallest absolute Gasteiger partial charge is 0.266 e. The molecule has 0 radical (unpaired) electrons. The summed E-state index contributed by atoms with van der Waals surface area (Å²) in [6.45, 7) is 0.169. The normalized spacial score (nSPS) is 23.8. The zero-order valence-electron chi connectivity index (χ0n) is 14.1. The summed E-state index contributed by atoms with van der Waals surface area (Å²) in [5.74, 6) is 0.222. The molecule has 2 fully saturated rings. The molecular formula is C16H18N2O5S3. The van der Waals surface area contributed by atoms with Crippen molar-refractivity contribution in [3.05, 3.63) is 29.1 Å². The number of thioether (sulfide) groups is 1. The zero-order valence-corrected chi connectivity index (χ0v) is 16.5. The highest BCUT2D eigenvalue weighted by atomic mass is 32.2. The quantitative estimate of drug-likeness (QED) is 0.533. The molecule has 140 valence electrons. The third-order valence-electron chi connectivity index (χ3n) is 4.39. The third kappa shape index (κ3) is 4.18. The molecule has 0 aliphatic carbocycles. The van der Waals surface area contributed by atoms with E-state index in [9.17, 15) is 18.0 Å². The first kappa shape index (κ1) is 19.1. The van der Waals surface area contributed by atoms with Gasteiger partial charge in [0.2, 0.25) is 5.91 Å². The van der Waals surface area contributed by atoms with E-state index >= 15 is 0 Å². The first-order valence-corrected chi connectivity index (χ1v) is 11.1. The maximum absolute atomic E-state index is 12.5. The topological polar surface area (TPSA) is 87.9 Å². The van der Waals surface area contributed by atoms with Gasteiger partial charge in [-0.3, -0.25) is 14.5 Å². The van der Waals surface area contributed by atoms with Crippen LogP contribution in [0.1, 0.15) is 18.6 Å². The van der Waals surface area contributed by atoms with Gasteiger partial charge in [-0.2, -0.15) is 0 Å². The lowest BCUT2D eigenvalue weighted by molar-refractivity contribution is -0.132. The molecule has 0 aromatic carbocycles. The van der Waals surface area contributed by atoms with Gasteiger partial charge in [-0.05, 0) is 18.6 Å². The fourth-order valence-electron chi connectivity index (χ4n) is 2.86. The van der Waals surface area contributed by atoms with E-state index in [0.29, 0.717) is 21.4 Å². The number of hydrogen-bond acceptors (Lipinski definition) is 7. The first-order valence-electron chi connectivity index (χ1n) is 8.02. The molecule has 2 amide bonds. The van der Waals surface area contributed by atoms with E-state index in [1.807, 2.05) is 0 Å². The Bertz CT molecular complexity index is 860. The predicted octanol–water partition coefficient (Wildman–Crippen LogP) is 1.52. The standard InChI is InChI=1S/C16H18N2O5S3/c1-17(11-5-8-26(21,22)10-11)14(19)4-6-18-15(20)13(25-16(18)24)9-12-3-2-7-23-12/h2-3,7,9,11H,4-6,8,10H2,1H3/b13-9+/t11-/m1/s1. The number of carbonyl (C=O) groups excluding carboxylic acids is 2. The molecule has 2 aliphatic rings. The molecule has 3 rings (SSSR count). The molecular weight excluding hydrogens is 396 g/mol. The summed E-state index contributed by atoms with van der Waals surface area (Å²) in [7, 11) is -1.45. The van der Waals surface area contributed by atoms with Gasteiger partial charge in [0.15, 0.2) is 9.84 Å². The van der Waals surface area contributed by atoms with Crippen molar-refractivity contribution >= 4 is 56.0 Å². The lowest BCUT2D eigenvalue weighted by Crippen LogP contribution is -2.40. The summed E-state index contributed by atoms with van der Waals surface area (Å²) in [4.78, 5) is 28.2. The van der Waals surface area contributed by atoms with Gasteiger partial charge < -0.3 is 9.32 Å². The van der Waals surface area contributed by atoms with E-state index < -0.39 is 9.84 Å². The van der Waals surface area contributed by atoms with Crippen molar-refractivity contribution in [3.63, 3.8) is 0 Å². The minimum atomic E-state index is -3.05. The fourth-order valence-corrected chi connectivity index (χ4v) is 5.93. The van der Waals surface area contributed by atoms with Gasteiger partial charge in [-0.1, -0.05) is 24.0 Å². The average Bonchev–Trinajstić information content (AvgIpc) is 3.27. The monoisotopic (exact) mass is 414 g/mol. The molecule has 0 N–H and O–H groups in total. The van der Waals surface area contributed by atoms with E-state index in [0.717, 1.165) is 0 Å². The van der Waals surface area contributed by atoms with Crippen molar-refractivity contribution in [3.8, 4) is 0 Å². The van der Waals surface area contributed by atoms with Crippen LogP contribution in [0, 0.1) is 0 Å². The van der Waals surface area contributed by atoms with Gasteiger partial charge in [0.1, 0.15) is 10.1 Å². The molecule has 3 heterocycles.